The van der Waals surface area contributed by atoms with Crippen LogP contribution in [0.4, 0.5) is 0 Å². The van der Waals surface area contributed by atoms with E-state index in [0.29, 0.717) is 0 Å². The third kappa shape index (κ3) is 5.47. The molecule has 0 N–H and O–H groups in total. The van der Waals surface area contributed by atoms with E-state index in [1.807, 2.05) is 0 Å². The Morgan fingerprint density at radius 3 is 0.913 bits per heavy atom. The SMILES string of the molecule is COC1(c2ccc(O[Si](C)(C)C(C)(C)C)cc2)c2ccccc2C(OC)(c2ccc(O[Si](C)(C)C(C)(C)C)cc2)c2ccccc21. The number of rotatable bonds is 8. The topological polar surface area (TPSA) is 36.9 Å². The van der Waals surface area contributed by atoms with Gasteiger partial charge in [0.25, 0.3) is 0 Å². The Balaban J connectivity index is 1.66. The molecule has 0 radical (unpaired) electrons. The molecule has 4 nitrogen and oxygen atoms in total. The molecule has 4 aromatic rings. The van der Waals surface area contributed by atoms with Crippen molar-refractivity contribution in [1.82, 2.24) is 0 Å². The lowest BCUT2D eigenvalue weighted by molar-refractivity contribution is 0.0167. The van der Waals surface area contributed by atoms with Gasteiger partial charge in [-0.1, -0.05) is 114 Å². The molecule has 0 heterocycles. The second kappa shape index (κ2) is 11.8. The molecular weight excluding hydrogens is 601 g/mol. The van der Waals surface area contributed by atoms with Gasteiger partial charge in [0.2, 0.25) is 16.6 Å². The molecule has 0 amide bonds. The standard InChI is InChI=1S/C40H52O4Si2/c1-37(2,3)45(9,10)43-31-25-21-29(22-26-31)39(41-7)33-17-13-15-19-35(33)40(42-8,36-20-16-14-18-34(36)39)30-23-27-32(28-24-30)44-46(11,12)38(4,5)6/h13-28H,1-12H3. The summed E-state index contributed by atoms with van der Waals surface area (Å²) in [5.41, 5.74) is 4.60. The highest BCUT2D eigenvalue weighted by molar-refractivity contribution is 6.75. The van der Waals surface area contributed by atoms with Crippen molar-refractivity contribution in [3.05, 3.63) is 130 Å². The average Bonchev–Trinajstić information content (AvgIpc) is 3.00. The Labute approximate surface area is 279 Å². The summed E-state index contributed by atoms with van der Waals surface area (Å²) in [6.07, 6.45) is 0. The second-order valence-electron chi connectivity index (χ2n) is 15.6. The normalized spacial score (nSPS) is 20.1. The van der Waals surface area contributed by atoms with E-state index in [9.17, 15) is 0 Å². The molecule has 4 aromatic carbocycles. The number of fused-ring (bicyclic) bond motifs is 2. The minimum absolute atomic E-state index is 0.110. The van der Waals surface area contributed by atoms with Crippen molar-refractivity contribution >= 4 is 16.6 Å². The molecule has 0 fully saturated rings. The van der Waals surface area contributed by atoms with Crippen molar-refractivity contribution in [2.45, 2.75) is 89.0 Å². The maximum atomic E-state index is 6.69. The number of methoxy groups -OCH3 is 2. The summed E-state index contributed by atoms with van der Waals surface area (Å²) in [6, 6.07) is 34.1. The van der Waals surface area contributed by atoms with E-state index in [-0.39, 0.29) is 10.1 Å². The summed E-state index contributed by atoms with van der Waals surface area (Å²) in [6.45, 7) is 22.7. The van der Waals surface area contributed by atoms with Crippen LogP contribution in [0, 0.1) is 0 Å². The molecule has 1 aliphatic carbocycles. The maximum Gasteiger partial charge on any atom is 0.250 e. The van der Waals surface area contributed by atoms with Gasteiger partial charge < -0.3 is 18.3 Å². The van der Waals surface area contributed by atoms with E-state index in [2.05, 4.69) is 165 Å². The first-order valence-electron chi connectivity index (χ1n) is 16.3. The van der Waals surface area contributed by atoms with Crippen LogP contribution in [0.1, 0.15) is 74.9 Å². The number of ether oxygens (including phenoxy) is 2. The van der Waals surface area contributed by atoms with Gasteiger partial charge in [0.1, 0.15) is 22.7 Å². The fourth-order valence-corrected chi connectivity index (χ4v) is 8.26. The highest BCUT2D eigenvalue weighted by atomic mass is 28.4. The van der Waals surface area contributed by atoms with Crippen LogP contribution in [0.25, 0.3) is 0 Å². The Morgan fingerprint density at radius 2 is 0.696 bits per heavy atom. The fraction of sp³-hybridized carbons (Fsp3) is 0.400. The molecule has 0 aromatic heterocycles. The van der Waals surface area contributed by atoms with E-state index in [4.69, 9.17) is 18.3 Å². The predicted molar refractivity (Wildman–Crippen MR) is 195 cm³/mol. The van der Waals surface area contributed by atoms with Crippen LogP contribution in [0.5, 0.6) is 11.5 Å². The zero-order valence-corrected chi connectivity index (χ0v) is 31.9. The first kappa shape index (κ1) is 34.2. The van der Waals surface area contributed by atoms with E-state index >= 15 is 0 Å². The quantitative estimate of drug-likeness (QED) is 0.178. The molecule has 1 aliphatic rings. The minimum atomic E-state index is -1.99. The van der Waals surface area contributed by atoms with E-state index in [0.717, 1.165) is 44.9 Å². The lowest BCUT2D eigenvalue weighted by Gasteiger charge is -2.48. The summed E-state index contributed by atoms with van der Waals surface area (Å²) >= 11 is 0. The first-order chi connectivity index (χ1) is 21.4. The molecular formula is C40H52O4Si2. The van der Waals surface area contributed by atoms with Crippen LogP contribution in [-0.2, 0) is 20.7 Å². The Morgan fingerprint density at radius 1 is 0.435 bits per heavy atom. The summed E-state index contributed by atoms with van der Waals surface area (Å²) in [7, 11) is -0.364. The lowest BCUT2D eigenvalue weighted by atomic mass is 9.63. The average molecular weight is 653 g/mol. The van der Waals surface area contributed by atoms with Crippen LogP contribution in [0.3, 0.4) is 0 Å². The number of benzene rings is 4. The second-order valence-corrected chi connectivity index (χ2v) is 25.1. The lowest BCUT2D eigenvalue weighted by Crippen LogP contribution is -2.46. The molecule has 0 saturated carbocycles. The molecule has 0 bridgehead atoms. The summed E-state index contributed by atoms with van der Waals surface area (Å²) in [5, 5.41) is 0.221. The molecule has 244 valence electrons. The molecule has 0 aliphatic heterocycles. The monoisotopic (exact) mass is 652 g/mol. The van der Waals surface area contributed by atoms with Crippen LogP contribution in [0.2, 0.25) is 36.3 Å². The summed E-state index contributed by atoms with van der Waals surface area (Å²) in [5.74, 6) is 1.79. The van der Waals surface area contributed by atoms with Crippen molar-refractivity contribution in [2.24, 2.45) is 0 Å². The Hall–Kier alpha value is -3.17. The first-order valence-corrected chi connectivity index (χ1v) is 22.2. The predicted octanol–water partition coefficient (Wildman–Crippen LogP) is 10.6. The molecule has 46 heavy (non-hydrogen) atoms. The van der Waals surface area contributed by atoms with Gasteiger partial charge in [-0.2, -0.15) is 0 Å². The van der Waals surface area contributed by atoms with Crippen molar-refractivity contribution in [3.63, 3.8) is 0 Å². The zero-order chi connectivity index (χ0) is 33.8. The smallest absolute Gasteiger partial charge is 0.250 e. The molecule has 6 heteroatoms. The van der Waals surface area contributed by atoms with Gasteiger partial charge in [-0.15, -0.1) is 0 Å². The van der Waals surface area contributed by atoms with Crippen LogP contribution in [0.15, 0.2) is 97.1 Å². The van der Waals surface area contributed by atoms with Crippen molar-refractivity contribution in [1.29, 1.82) is 0 Å². The third-order valence-corrected chi connectivity index (χ3v) is 19.6. The summed E-state index contributed by atoms with van der Waals surface area (Å²) in [4.78, 5) is 0. The molecule has 5 rings (SSSR count). The van der Waals surface area contributed by atoms with Gasteiger partial charge >= 0.3 is 0 Å². The highest BCUT2D eigenvalue weighted by Crippen LogP contribution is 2.56. The van der Waals surface area contributed by atoms with E-state index < -0.39 is 27.8 Å². The van der Waals surface area contributed by atoms with Crippen molar-refractivity contribution in [3.8, 4) is 11.5 Å². The molecule has 0 saturated heterocycles. The van der Waals surface area contributed by atoms with Gasteiger partial charge in [0.15, 0.2) is 0 Å². The largest absolute Gasteiger partial charge is 0.544 e. The highest BCUT2D eigenvalue weighted by Gasteiger charge is 2.53. The Bertz CT molecular complexity index is 1500. The molecule has 0 atom stereocenters. The Kier molecular flexibility index (Phi) is 8.78. The van der Waals surface area contributed by atoms with Gasteiger partial charge in [0.05, 0.1) is 0 Å². The maximum absolute atomic E-state index is 6.69. The third-order valence-electron chi connectivity index (χ3n) is 10.9. The van der Waals surface area contributed by atoms with Crippen LogP contribution in [-0.4, -0.2) is 30.9 Å². The molecule has 0 unspecified atom stereocenters. The number of hydrogen-bond acceptors (Lipinski definition) is 4. The van der Waals surface area contributed by atoms with Gasteiger partial charge in [-0.25, -0.2) is 0 Å². The van der Waals surface area contributed by atoms with Gasteiger partial charge in [-0.3, -0.25) is 0 Å². The van der Waals surface area contributed by atoms with Crippen LogP contribution >= 0.6 is 0 Å². The van der Waals surface area contributed by atoms with E-state index in [1.54, 1.807) is 14.2 Å². The van der Waals surface area contributed by atoms with Crippen molar-refractivity contribution < 1.29 is 18.3 Å². The fourth-order valence-electron chi connectivity index (χ4n) is 6.19. The van der Waals surface area contributed by atoms with Crippen molar-refractivity contribution in [2.75, 3.05) is 14.2 Å². The number of hydrogen-bond donors (Lipinski definition) is 0. The van der Waals surface area contributed by atoms with Gasteiger partial charge in [0, 0.05) is 14.2 Å². The van der Waals surface area contributed by atoms with Crippen LogP contribution < -0.4 is 8.85 Å². The van der Waals surface area contributed by atoms with Gasteiger partial charge in [-0.05, 0) is 93.9 Å². The minimum Gasteiger partial charge on any atom is -0.544 e. The zero-order valence-electron chi connectivity index (χ0n) is 29.9. The summed E-state index contributed by atoms with van der Waals surface area (Å²) < 4.78 is 26.7. The molecule has 0 spiro atoms. The van der Waals surface area contributed by atoms with E-state index in [1.165, 1.54) is 0 Å².